The normalized spacial score (nSPS) is 19.7. The van der Waals surface area contributed by atoms with Crippen LogP contribution >= 0.6 is 11.6 Å². The van der Waals surface area contributed by atoms with Gasteiger partial charge in [0.1, 0.15) is 11.8 Å². The molecule has 0 spiro atoms. The van der Waals surface area contributed by atoms with E-state index < -0.39 is 16.1 Å². The van der Waals surface area contributed by atoms with Crippen molar-refractivity contribution in [2.75, 3.05) is 44.7 Å². The molecule has 4 rings (SSSR count). The van der Waals surface area contributed by atoms with Crippen LogP contribution in [0.5, 0.6) is 5.75 Å². The molecule has 0 aromatic heterocycles. The summed E-state index contributed by atoms with van der Waals surface area (Å²) in [5.74, 6) is 0.368. The maximum atomic E-state index is 13.5. The molecule has 2 aliphatic heterocycles. The Hall–Kier alpha value is -2.29. The van der Waals surface area contributed by atoms with Gasteiger partial charge in [-0.05, 0) is 56.0 Å². The second kappa shape index (κ2) is 9.52. The third-order valence-electron chi connectivity index (χ3n) is 6.57. The van der Waals surface area contributed by atoms with E-state index in [0.717, 1.165) is 11.3 Å². The maximum absolute atomic E-state index is 13.5. The summed E-state index contributed by atoms with van der Waals surface area (Å²) in [6.07, 6.45) is 1.20. The van der Waals surface area contributed by atoms with Gasteiger partial charge in [0.2, 0.25) is 15.9 Å². The fraction of sp³-hybridized carbons (Fsp3) is 0.458. The van der Waals surface area contributed by atoms with Crippen molar-refractivity contribution in [2.24, 2.45) is 0 Å². The Bertz CT molecular complexity index is 1150. The molecule has 2 aromatic carbocycles. The average molecular weight is 492 g/mol. The molecule has 0 unspecified atom stereocenters. The lowest BCUT2D eigenvalue weighted by atomic mass is 10.1. The van der Waals surface area contributed by atoms with Crippen LogP contribution in [0.15, 0.2) is 41.3 Å². The summed E-state index contributed by atoms with van der Waals surface area (Å²) in [4.78, 5) is 17.6. The SMILES string of the molecule is COc1ccc(C)c(S(=O)(=O)N2CCC[C@@H]2C(=O)N2CCN(c3cc(Cl)ccc3C)CC2)c1. The second-order valence-corrected chi connectivity index (χ2v) is 10.9. The van der Waals surface area contributed by atoms with Gasteiger partial charge in [0.25, 0.3) is 0 Å². The van der Waals surface area contributed by atoms with Crippen LogP contribution in [0.25, 0.3) is 0 Å². The highest BCUT2D eigenvalue weighted by Gasteiger charge is 2.42. The number of hydrogen-bond donors (Lipinski definition) is 0. The fourth-order valence-corrected chi connectivity index (χ4v) is 6.75. The van der Waals surface area contributed by atoms with Crippen molar-refractivity contribution >= 4 is 33.2 Å². The van der Waals surface area contributed by atoms with Gasteiger partial charge in [-0.15, -0.1) is 0 Å². The lowest BCUT2D eigenvalue weighted by Gasteiger charge is -2.38. The first kappa shape index (κ1) is 23.9. The number of hydrogen-bond acceptors (Lipinski definition) is 5. The third kappa shape index (κ3) is 4.69. The molecule has 2 aromatic rings. The van der Waals surface area contributed by atoms with Crippen LogP contribution in [0.1, 0.15) is 24.0 Å². The van der Waals surface area contributed by atoms with E-state index in [-0.39, 0.29) is 10.8 Å². The molecular formula is C24H30ClN3O4S. The molecule has 33 heavy (non-hydrogen) atoms. The number of halogens is 1. The Morgan fingerprint density at radius 1 is 1.00 bits per heavy atom. The highest BCUT2D eigenvalue weighted by molar-refractivity contribution is 7.89. The van der Waals surface area contributed by atoms with Crippen molar-refractivity contribution in [1.29, 1.82) is 0 Å². The van der Waals surface area contributed by atoms with Gasteiger partial charge in [0, 0.05) is 49.5 Å². The van der Waals surface area contributed by atoms with Crippen LogP contribution in [-0.4, -0.2) is 69.4 Å². The fourth-order valence-electron chi connectivity index (χ4n) is 4.69. The number of nitrogens with zero attached hydrogens (tertiary/aromatic N) is 3. The molecule has 178 valence electrons. The van der Waals surface area contributed by atoms with Gasteiger partial charge < -0.3 is 14.5 Å². The highest BCUT2D eigenvalue weighted by Crippen LogP contribution is 2.31. The minimum atomic E-state index is -3.82. The van der Waals surface area contributed by atoms with E-state index >= 15 is 0 Å². The molecule has 2 heterocycles. The van der Waals surface area contributed by atoms with Crippen LogP contribution in [0.3, 0.4) is 0 Å². The average Bonchev–Trinajstić information content (AvgIpc) is 3.31. The van der Waals surface area contributed by atoms with Gasteiger partial charge in [-0.25, -0.2) is 8.42 Å². The van der Waals surface area contributed by atoms with Crippen molar-refractivity contribution in [1.82, 2.24) is 9.21 Å². The number of anilines is 1. The molecule has 0 N–H and O–H groups in total. The predicted octanol–water partition coefficient (Wildman–Crippen LogP) is 3.47. The van der Waals surface area contributed by atoms with Crippen molar-refractivity contribution in [2.45, 2.75) is 37.6 Å². The molecule has 7 nitrogen and oxygen atoms in total. The molecule has 0 bridgehead atoms. The number of benzene rings is 2. The van der Waals surface area contributed by atoms with E-state index in [2.05, 4.69) is 4.90 Å². The van der Waals surface area contributed by atoms with Crippen molar-refractivity contribution in [3.8, 4) is 5.75 Å². The maximum Gasteiger partial charge on any atom is 0.244 e. The zero-order valence-corrected chi connectivity index (χ0v) is 20.8. The van der Waals surface area contributed by atoms with Crippen LogP contribution in [-0.2, 0) is 14.8 Å². The minimum absolute atomic E-state index is 0.112. The van der Waals surface area contributed by atoms with Crippen molar-refractivity contribution < 1.29 is 17.9 Å². The van der Waals surface area contributed by atoms with Crippen LogP contribution in [0.2, 0.25) is 5.02 Å². The van der Waals surface area contributed by atoms with Gasteiger partial charge in [-0.2, -0.15) is 4.31 Å². The third-order valence-corrected chi connectivity index (χ3v) is 8.86. The molecule has 0 aliphatic carbocycles. The quantitative estimate of drug-likeness (QED) is 0.640. The Morgan fingerprint density at radius 2 is 1.70 bits per heavy atom. The second-order valence-electron chi connectivity index (χ2n) is 8.65. The van der Waals surface area contributed by atoms with Crippen LogP contribution in [0.4, 0.5) is 5.69 Å². The summed E-state index contributed by atoms with van der Waals surface area (Å²) in [7, 11) is -2.31. The standard InChI is InChI=1S/C24H30ClN3O4S/c1-17-6-8-19(25)15-22(17)26-11-13-27(14-12-26)24(29)21-5-4-10-28(21)33(30,31)23-16-20(32-3)9-7-18(23)2/h6-9,15-16,21H,4-5,10-14H2,1-3H3/t21-/m1/s1. The lowest BCUT2D eigenvalue weighted by Crippen LogP contribution is -2.54. The number of rotatable bonds is 5. The van der Waals surface area contributed by atoms with Gasteiger partial charge in [0.15, 0.2) is 0 Å². The molecule has 0 saturated carbocycles. The summed E-state index contributed by atoms with van der Waals surface area (Å²) in [6.45, 7) is 6.61. The smallest absolute Gasteiger partial charge is 0.244 e. The monoisotopic (exact) mass is 491 g/mol. The number of methoxy groups -OCH3 is 1. The summed E-state index contributed by atoms with van der Waals surface area (Å²) >= 11 is 6.18. The summed E-state index contributed by atoms with van der Waals surface area (Å²) in [6, 6.07) is 10.2. The molecular weight excluding hydrogens is 462 g/mol. The molecule has 0 radical (unpaired) electrons. The van der Waals surface area contributed by atoms with Gasteiger partial charge in [-0.1, -0.05) is 23.7 Å². The number of sulfonamides is 1. The molecule has 2 saturated heterocycles. The molecule has 2 aliphatic rings. The largest absolute Gasteiger partial charge is 0.497 e. The Morgan fingerprint density at radius 3 is 2.39 bits per heavy atom. The summed E-state index contributed by atoms with van der Waals surface area (Å²) in [5, 5.41) is 0.689. The van der Waals surface area contributed by atoms with E-state index in [4.69, 9.17) is 16.3 Å². The zero-order chi connectivity index (χ0) is 23.8. The number of carbonyl (C=O) groups is 1. The number of amides is 1. The van der Waals surface area contributed by atoms with Gasteiger partial charge >= 0.3 is 0 Å². The first-order valence-corrected chi connectivity index (χ1v) is 13.0. The Labute approximate surface area is 200 Å². The highest BCUT2D eigenvalue weighted by atomic mass is 35.5. The number of aryl methyl sites for hydroxylation is 2. The van der Waals surface area contributed by atoms with Crippen molar-refractivity contribution in [3.63, 3.8) is 0 Å². The number of carbonyl (C=O) groups excluding carboxylic acids is 1. The molecule has 9 heteroatoms. The number of ether oxygens (including phenoxy) is 1. The zero-order valence-electron chi connectivity index (χ0n) is 19.3. The molecule has 1 amide bonds. The first-order valence-electron chi connectivity index (χ1n) is 11.2. The summed E-state index contributed by atoms with van der Waals surface area (Å²) in [5.41, 5.74) is 2.86. The Kier molecular flexibility index (Phi) is 6.88. The minimum Gasteiger partial charge on any atom is -0.497 e. The van der Waals surface area contributed by atoms with Gasteiger partial charge in [-0.3, -0.25) is 4.79 Å². The van der Waals surface area contributed by atoms with E-state index in [1.54, 1.807) is 24.0 Å². The van der Waals surface area contributed by atoms with E-state index in [0.29, 0.717) is 61.9 Å². The first-order chi connectivity index (χ1) is 15.7. The molecule has 2 fully saturated rings. The van der Waals surface area contributed by atoms with E-state index in [1.807, 2.05) is 25.1 Å². The van der Waals surface area contributed by atoms with E-state index in [1.165, 1.54) is 17.5 Å². The number of piperazine rings is 1. The van der Waals surface area contributed by atoms with Crippen molar-refractivity contribution in [3.05, 3.63) is 52.5 Å². The summed E-state index contributed by atoms with van der Waals surface area (Å²) < 4.78 is 33.6. The van der Waals surface area contributed by atoms with Crippen LogP contribution in [0, 0.1) is 13.8 Å². The Balaban J connectivity index is 1.49. The predicted molar refractivity (Wildman–Crippen MR) is 130 cm³/mol. The lowest BCUT2D eigenvalue weighted by molar-refractivity contribution is -0.134. The van der Waals surface area contributed by atoms with Crippen LogP contribution < -0.4 is 9.64 Å². The topological polar surface area (TPSA) is 70.2 Å². The van der Waals surface area contributed by atoms with Gasteiger partial charge in [0.05, 0.1) is 12.0 Å². The molecule has 1 atom stereocenters. The van der Waals surface area contributed by atoms with E-state index in [9.17, 15) is 13.2 Å².